The minimum Gasteiger partial charge on any atom is -0.322 e. The number of hydrogen-bond acceptors (Lipinski definition) is 4. The highest BCUT2D eigenvalue weighted by Gasteiger charge is 2.17. The van der Waals surface area contributed by atoms with Crippen LogP contribution in [0.4, 0.5) is 5.69 Å². The number of H-pyrrole nitrogens is 1. The Kier molecular flexibility index (Phi) is 6.37. The largest absolute Gasteiger partial charge is 0.322 e. The Morgan fingerprint density at radius 2 is 1.80 bits per heavy atom. The molecule has 0 saturated carbocycles. The first-order chi connectivity index (χ1) is 17.1. The molecule has 6 nitrogen and oxygen atoms in total. The van der Waals surface area contributed by atoms with E-state index in [1.807, 2.05) is 73.8 Å². The van der Waals surface area contributed by atoms with E-state index >= 15 is 0 Å². The van der Waals surface area contributed by atoms with Crippen LogP contribution in [0.5, 0.6) is 0 Å². The highest BCUT2D eigenvalue weighted by atomic mass is 16.1. The molecule has 0 saturated heterocycles. The van der Waals surface area contributed by atoms with E-state index in [0.717, 1.165) is 40.7 Å². The van der Waals surface area contributed by atoms with Crippen molar-refractivity contribution in [2.24, 2.45) is 0 Å². The quantitative estimate of drug-likeness (QED) is 0.388. The van der Waals surface area contributed by atoms with Gasteiger partial charge in [0, 0.05) is 40.9 Å². The van der Waals surface area contributed by atoms with E-state index in [4.69, 9.17) is 0 Å². The Labute approximate surface area is 204 Å². The van der Waals surface area contributed by atoms with Gasteiger partial charge < -0.3 is 10.2 Å². The van der Waals surface area contributed by atoms with E-state index in [0.29, 0.717) is 23.4 Å². The molecule has 4 aromatic rings. The number of ketones is 1. The maximum atomic E-state index is 13.2. The number of benzene rings is 3. The van der Waals surface area contributed by atoms with Crippen LogP contribution in [0.15, 0.2) is 84.4 Å². The number of nitrogens with zero attached hydrogens (tertiary/aromatic N) is 2. The summed E-state index contributed by atoms with van der Waals surface area (Å²) in [5.41, 5.74) is 5.12. The monoisotopic (exact) mass is 462 g/mol. The lowest BCUT2D eigenvalue weighted by Crippen LogP contribution is -2.30. The Balaban J connectivity index is 1.33. The highest BCUT2D eigenvalue weighted by Crippen LogP contribution is 2.22. The molecule has 6 heteroatoms. The minimum absolute atomic E-state index is 0.115. The summed E-state index contributed by atoms with van der Waals surface area (Å²) in [6.45, 7) is 1.57. The lowest BCUT2D eigenvalue weighted by atomic mass is 10.0. The second kappa shape index (κ2) is 9.91. The summed E-state index contributed by atoms with van der Waals surface area (Å²) in [4.78, 5) is 28.0. The average molecular weight is 463 g/mol. The molecule has 2 N–H and O–H groups in total. The molecule has 0 fully saturated rings. The van der Waals surface area contributed by atoms with Gasteiger partial charge in [0.1, 0.15) is 0 Å². The molecule has 0 bridgehead atoms. The van der Waals surface area contributed by atoms with Gasteiger partial charge >= 0.3 is 0 Å². The summed E-state index contributed by atoms with van der Waals surface area (Å²) >= 11 is 0. The predicted molar refractivity (Wildman–Crippen MR) is 140 cm³/mol. The van der Waals surface area contributed by atoms with Crippen molar-refractivity contribution in [3.8, 4) is 0 Å². The maximum Gasteiger partial charge on any atom is 0.252 e. The summed E-state index contributed by atoms with van der Waals surface area (Å²) in [5.74, 6) is -0.244. The van der Waals surface area contributed by atoms with Crippen LogP contribution < -0.4 is 5.32 Å². The van der Waals surface area contributed by atoms with E-state index in [1.165, 1.54) is 0 Å². The number of fused-ring (bicyclic) bond motifs is 1. The summed E-state index contributed by atoms with van der Waals surface area (Å²) in [6.07, 6.45) is 6.81. The Bertz CT molecular complexity index is 1450. The summed E-state index contributed by atoms with van der Waals surface area (Å²) in [5, 5.41) is 11.3. The van der Waals surface area contributed by atoms with Crippen molar-refractivity contribution < 1.29 is 9.59 Å². The second-order valence-corrected chi connectivity index (χ2v) is 8.73. The molecule has 0 spiro atoms. The number of nitrogens with one attached hydrogen (secondary N) is 2. The SMILES string of the molecule is CN1CCC=C(C(=O)Nc2cccc(C(=O)c3ccc4c(/C=C/c5ccccc5)n[nH]c4c3)c2)C1. The standard InChI is InChI=1S/C29H26N4O2/c1-33-16-6-10-23(19-33)29(35)30-24-11-5-9-21(17-24)28(34)22-13-14-25-26(31-32-27(25)18-22)15-12-20-7-3-2-4-8-20/h2-5,7-15,17-18H,6,16,19H2,1H3,(H,30,35)(H,31,32)/b15-12+. The molecular weight excluding hydrogens is 436 g/mol. The average Bonchev–Trinajstić information content (AvgIpc) is 3.30. The van der Waals surface area contributed by atoms with Crippen LogP contribution in [0.2, 0.25) is 0 Å². The van der Waals surface area contributed by atoms with Crippen LogP contribution in [0.3, 0.4) is 0 Å². The van der Waals surface area contributed by atoms with Crippen molar-refractivity contribution in [2.75, 3.05) is 25.5 Å². The Hall–Kier alpha value is -4.29. The second-order valence-electron chi connectivity index (χ2n) is 8.73. The van der Waals surface area contributed by atoms with Crippen molar-refractivity contribution >= 4 is 40.4 Å². The first kappa shape index (κ1) is 22.5. The number of aromatic amines is 1. The summed E-state index contributed by atoms with van der Waals surface area (Å²) in [7, 11) is 2.00. The van der Waals surface area contributed by atoms with Gasteiger partial charge in [-0.1, -0.05) is 60.7 Å². The minimum atomic E-state index is -0.129. The van der Waals surface area contributed by atoms with Gasteiger partial charge in [0.15, 0.2) is 5.78 Å². The van der Waals surface area contributed by atoms with Gasteiger partial charge in [-0.3, -0.25) is 14.7 Å². The molecule has 1 aromatic heterocycles. The van der Waals surface area contributed by atoms with Gasteiger partial charge in [0.2, 0.25) is 0 Å². The molecule has 0 atom stereocenters. The molecule has 174 valence electrons. The number of likely N-dealkylation sites (N-methyl/N-ethyl adjacent to an activating group) is 1. The normalized spacial score (nSPS) is 14.3. The molecule has 5 rings (SSSR count). The topological polar surface area (TPSA) is 78.1 Å². The lowest BCUT2D eigenvalue weighted by Gasteiger charge is -2.22. The third-order valence-corrected chi connectivity index (χ3v) is 6.10. The number of carbonyl (C=O) groups excluding carboxylic acids is 2. The van der Waals surface area contributed by atoms with E-state index in [1.54, 1.807) is 24.3 Å². The molecule has 1 amide bonds. The van der Waals surface area contributed by atoms with E-state index in [-0.39, 0.29) is 11.7 Å². The molecular formula is C29H26N4O2. The van der Waals surface area contributed by atoms with Crippen LogP contribution in [0.1, 0.15) is 33.6 Å². The fraction of sp³-hybridized carbons (Fsp3) is 0.138. The van der Waals surface area contributed by atoms with Gasteiger partial charge in [-0.05, 0) is 49.4 Å². The van der Waals surface area contributed by atoms with E-state index in [2.05, 4.69) is 20.4 Å². The molecule has 0 aliphatic carbocycles. The molecule has 1 aliphatic heterocycles. The first-order valence-electron chi connectivity index (χ1n) is 11.6. The van der Waals surface area contributed by atoms with Gasteiger partial charge in [-0.25, -0.2) is 0 Å². The fourth-order valence-electron chi connectivity index (χ4n) is 4.22. The van der Waals surface area contributed by atoms with Crippen LogP contribution in [-0.4, -0.2) is 46.9 Å². The number of aromatic nitrogens is 2. The Morgan fingerprint density at radius 3 is 2.63 bits per heavy atom. The number of hydrogen-bond donors (Lipinski definition) is 2. The zero-order chi connectivity index (χ0) is 24.2. The zero-order valence-electron chi connectivity index (χ0n) is 19.5. The lowest BCUT2D eigenvalue weighted by molar-refractivity contribution is -0.113. The van der Waals surface area contributed by atoms with Crippen LogP contribution in [0.25, 0.3) is 23.1 Å². The number of carbonyl (C=O) groups is 2. The van der Waals surface area contributed by atoms with Crippen LogP contribution in [-0.2, 0) is 4.79 Å². The van der Waals surface area contributed by atoms with E-state index < -0.39 is 0 Å². The molecule has 0 radical (unpaired) electrons. The number of amides is 1. The van der Waals surface area contributed by atoms with Crippen molar-refractivity contribution in [3.63, 3.8) is 0 Å². The van der Waals surface area contributed by atoms with Crippen molar-refractivity contribution in [1.29, 1.82) is 0 Å². The third kappa shape index (κ3) is 5.13. The maximum absolute atomic E-state index is 13.2. The van der Waals surface area contributed by atoms with E-state index in [9.17, 15) is 9.59 Å². The first-order valence-corrected chi connectivity index (χ1v) is 11.6. The van der Waals surface area contributed by atoms with Crippen molar-refractivity contribution in [2.45, 2.75) is 6.42 Å². The van der Waals surface area contributed by atoms with Gasteiger partial charge in [0.05, 0.1) is 11.2 Å². The Morgan fingerprint density at radius 1 is 0.971 bits per heavy atom. The molecule has 35 heavy (non-hydrogen) atoms. The summed E-state index contributed by atoms with van der Waals surface area (Å²) < 4.78 is 0. The fourth-order valence-corrected chi connectivity index (χ4v) is 4.22. The van der Waals surface area contributed by atoms with Crippen LogP contribution in [0, 0.1) is 0 Å². The van der Waals surface area contributed by atoms with Gasteiger partial charge in [0.25, 0.3) is 5.91 Å². The number of anilines is 1. The molecule has 2 heterocycles. The predicted octanol–water partition coefficient (Wildman–Crippen LogP) is 5.16. The highest BCUT2D eigenvalue weighted by molar-refractivity contribution is 6.12. The third-order valence-electron chi connectivity index (χ3n) is 6.10. The van der Waals surface area contributed by atoms with Gasteiger partial charge in [-0.15, -0.1) is 0 Å². The number of rotatable bonds is 6. The zero-order valence-corrected chi connectivity index (χ0v) is 19.5. The smallest absolute Gasteiger partial charge is 0.252 e. The van der Waals surface area contributed by atoms with Crippen LogP contribution >= 0.6 is 0 Å². The molecule has 3 aromatic carbocycles. The molecule has 0 unspecified atom stereocenters. The van der Waals surface area contributed by atoms with Crippen molar-refractivity contribution in [1.82, 2.24) is 15.1 Å². The molecule has 1 aliphatic rings. The summed E-state index contributed by atoms with van der Waals surface area (Å²) in [6, 6.07) is 22.6. The van der Waals surface area contributed by atoms with Crippen molar-refractivity contribution in [3.05, 3.63) is 107 Å². The van der Waals surface area contributed by atoms with Gasteiger partial charge in [-0.2, -0.15) is 5.10 Å².